The molecule has 0 atom stereocenters. The van der Waals surface area contributed by atoms with Gasteiger partial charge in [0.25, 0.3) is 5.56 Å². The summed E-state index contributed by atoms with van der Waals surface area (Å²) in [6.07, 6.45) is 1.39. The molecule has 0 radical (unpaired) electrons. The number of nitrogens with one attached hydrogen (secondary N) is 2. The van der Waals surface area contributed by atoms with Gasteiger partial charge in [0.2, 0.25) is 0 Å². The van der Waals surface area contributed by atoms with Crippen molar-refractivity contribution in [2.75, 3.05) is 6.54 Å². The predicted octanol–water partition coefficient (Wildman–Crippen LogP) is 2.59. The van der Waals surface area contributed by atoms with Crippen molar-refractivity contribution < 1.29 is 9.53 Å². The maximum Gasteiger partial charge on any atom is 0.407 e. The van der Waals surface area contributed by atoms with Crippen LogP contribution in [0.2, 0.25) is 0 Å². The van der Waals surface area contributed by atoms with E-state index in [0.29, 0.717) is 23.9 Å². The van der Waals surface area contributed by atoms with Gasteiger partial charge in [-0.1, -0.05) is 42.2 Å². The highest BCUT2D eigenvalue weighted by atomic mass is 16.5. The van der Waals surface area contributed by atoms with E-state index in [-0.39, 0.29) is 12.2 Å². The number of amides is 1. The fraction of sp³-hybridized carbons (Fsp3) is 0.150. The van der Waals surface area contributed by atoms with Gasteiger partial charge in [0, 0.05) is 18.5 Å². The molecule has 3 aromatic rings. The SMILES string of the molecule is O=C(NCCC#Cc1ccc2c(=O)[nH]cnc2c1)OCc1ccccc1. The molecule has 1 heterocycles. The molecule has 6 nitrogen and oxygen atoms in total. The van der Waals surface area contributed by atoms with Crippen molar-refractivity contribution in [1.82, 2.24) is 15.3 Å². The molecule has 1 aromatic heterocycles. The van der Waals surface area contributed by atoms with E-state index in [9.17, 15) is 9.59 Å². The van der Waals surface area contributed by atoms with Crippen molar-refractivity contribution in [2.24, 2.45) is 0 Å². The Kier molecular flexibility index (Phi) is 5.63. The van der Waals surface area contributed by atoms with E-state index in [1.54, 1.807) is 18.2 Å². The Morgan fingerprint density at radius 2 is 2.04 bits per heavy atom. The van der Waals surface area contributed by atoms with Gasteiger partial charge in [-0.2, -0.15) is 0 Å². The Bertz CT molecular complexity index is 1020. The van der Waals surface area contributed by atoms with Gasteiger partial charge in [0.05, 0.1) is 17.2 Å². The van der Waals surface area contributed by atoms with Crippen LogP contribution in [-0.2, 0) is 11.3 Å². The van der Waals surface area contributed by atoms with Crippen molar-refractivity contribution >= 4 is 17.0 Å². The van der Waals surface area contributed by atoms with Gasteiger partial charge in [-0.25, -0.2) is 9.78 Å². The Labute approximate surface area is 150 Å². The van der Waals surface area contributed by atoms with E-state index >= 15 is 0 Å². The summed E-state index contributed by atoms with van der Waals surface area (Å²) in [5, 5.41) is 3.18. The van der Waals surface area contributed by atoms with Crippen LogP contribution >= 0.6 is 0 Å². The number of H-pyrrole nitrogens is 1. The van der Waals surface area contributed by atoms with Gasteiger partial charge in [-0.05, 0) is 23.8 Å². The average molecular weight is 347 g/mol. The number of fused-ring (bicyclic) bond motifs is 1. The van der Waals surface area contributed by atoms with Crippen LogP contribution in [0, 0.1) is 11.8 Å². The number of rotatable bonds is 4. The van der Waals surface area contributed by atoms with E-state index in [1.165, 1.54) is 6.33 Å². The number of ether oxygens (including phenoxy) is 1. The van der Waals surface area contributed by atoms with Crippen LogP contribution in [0.4, 0.5) is 4.79 Å². The van der Waals surface area contributed by atoms with Crippen LogP contribution in [0.3, 0.4) is 0 Å². The standard InChI is InChI=1S/C20H17N3O3/c24-19-17-10-9-15(12-18(17)22-14-23-19)6-4-5-11-21-20(25)26-13-16-7-2-1-3-8-16/h1-3,7-10,12,14H,5,11,13H2,(H,21,25)(H,22,23,24). The van der Waals surface area contributed by atoms with E-state index in [0.717, 1.165) is 11.1 Å². The highest BCUT2D eigenvalue weighted by Gasteiger charge is 2.01. The molecule has 0 saturated carbocycles. The molecule has 2 N–H and O–H groups in total. The molecule has 0 spiro atoms. The van der Waals surface area contributed by atoms with E-state index < -0.39 is 6.09 Å². The van der Waals surface area contributed by atoms with E-state index in [4.69, 9.17) is 4.74 Å². The lowest BCUT2D eigenvalue weighted by Gasteiger charge is -2.05. The fourth-order valence-electron chi connectivity index (χ4n) is 2.31. The number of benzene rings is 2. The second-order valence-electron chi connectivity index (χ2n) is 5.50. The van der Waals surface area contributed by atoms with Crippen LogP contribution in [0.15, 0.2) is 59.7 Å². The van der Waals surface area contributed by atoms with Crippen molar-refractivity contribution in [3.8, 4) is 11.8 Å². The van der Waals surface area contributed by atoms with Gasteiger partial charge >= 0.3 is 6.09 Å². The summed E-state index contributed by atoms with van der Waals surface area (Å²) in [5.41, 5.74) is 2.13. The van der Waals surface area contributed by atoms with Crippen LogP contribution in [0.25, 0.3) is 10.9 Å². The molecular weight excluding hydrogens is 330 g/mol. The molecule has 6 heteroatoms. The minimum Gasteiger partial charge on any atom is -0.445 e. The lowest BCUT2D eigenvalue weighted by atomic mass is 10.1. The zero-order valence-corrected chi connectivity index (χ0v) is 14.0. The lowest BCUT2D eigenvalue weighted by molar-refractivity contribution is 0.140. The molecule has 0 saturated heterocycles. The van der Waals surface area contributed by atoms with Gasteiger partial charge in [0.1, 0.15) is 6.61 Å². The first-order valence-electron chi connectivity index (χ1n) is 8.13. The third-order valence-corrected chi connectivity index (χ3v) is 3.61. The molecule has 0 fully saturated rings. The first-order chi connectivity index (χ1) is 12.7. The molecule has 3 rings (SSSR count). The van der Waals surface area contributed by atoms with Crippen LogP contribution in [0.1, 0.15) is 17.5 Å². The number of aromatic nitrogens is 2. The van der Waals surface area contributed by atoms with Gasteiger partial charge in [0.15, 0.2) is 0 Å². The zero-order valence-electron chi connectivity index (χ0n) is 14.0. The number of carbonyl (C=O) groups excluding carboxylic acids is 1. The summed E-state index contributed by atoms with van der Waals surface area (Å²) < 4.78 is 5.11. The van der Waals surface area contributed by atoms with Crippen molar-refractivity contribution in [3.05, 3.63) is 76.3 Å². The Morgan fingerprint density at radius 3 is 2.88 bits per heavy atom. The second kappa shape index (κ2) is 8.49. The molecule has 0 bridgehead atoms. The summed E-state index contributed by atoms with van der Waals surface area (Å²) in [6, 6.07) is 14.7. The number of aromatic amines is 1. The second-order valence-corrected chi connectivity index (χ2v) is 5.50. The molecule has 130 valence electrons. The molecule has 26 heavy (non-hydrogen) atoms. The molecule has 1 amide bonds. The van der Waals surface area contributed by atoms with E-state index in [1.807, 2.05) is 30.3 Å². The summed E-state index contributed by atoms with van der Waals surface area (Å²) in [4.78, 5) is 29.9. The number of nitrogens with zero attached hydrogens (tertiary/aromatic N) is 1. The molecule has 2 aromatic carbocycles. The molecule has 0 aliphatic carbocycles. The topological polar surface area (TPSA) is 84.1 Å². The monoisotopic (exact) mass is 347 g/mol. The quantitative estimate of drug-likeness (QED) is 0.561. The van der Waals surface area contributed by atoms with Crippen molar-refractivity contribution in [2.45, 2.75) is 13.0 Å². The third-order valence-electron chi connectivity index (χ3n) is 3.61. The largest absolute Gasteiger partial charge is 0.445 e. The average Bonchev–Trinajstić information content (AvgIpc) is 2.67. The van der Waals surface area contributed by atoms with E-state index in [2.05, 4.69) is 27.1 Å². The van der Waals surface area contributed by atoms with Crippen molar-refractivity contribution in [3.63, 3.8) is 0 Å². The highest BCUT2D eigenvalue weighted by Crippen LogP contribution is 2.08. The van der Waals surface area contributed by atoms with Crippen LogP contribution in [0.5, 0.6) is 0 Å². The zero-order chi connectivity index (χ0) is 18.2. The fourth-order valence-corrected chi connectivity index (χ4v) is 2.31. The first-order valence-corrected chi connectivity index (χ1v) is 8.13. The summed E-state index contributed by atoms with van der Waals surface area (Å²) >= 11 is 0. The van der Waals surface area contributed by atoms with Gasteiger partial charge < -0.3 is 15.0 Å². The number of alkyl carbamates (subject to hydrolysis) is 1. The molecule has 0 unspecified atom stereocenters. The maximum atomic E-state index is 11.6. The number of carbonyl (C=O) groups is 1. The Hall–Kier alpha value is -3.59. The smallest absolute Gasteiger partial charge is 0.407 e. The van der Waals surface area contributed by atoms with Crippen molar-refractivity contribution in [1.29, 1.82) is 0 Å². The maximum absolute atomic E-state index is 11.6. The number of hydrogen-bond acceptors (Lipinski definition) is 4. The molecular formula is C20H17N3O3. The third kappa shape index (κ3) is 4.71. The van der Waals surface area contributed by atoms with Crippen LogP contribution in [-0.4, -0.2) is 22.6 Å². The summed E-state index contributed by atoms with van der Waals surface area (Å²) in [7, 11) is 0. The van der Waals surface area contributed by atoms with Crippen LogP contribution < -0.4 is 10.9 Å². The van der Waals surface area contributed by atoms with Gasteiger partial charge in [-0.15, -0.1) is 0 Å². The minimum absolute atomic E-state index is 0.173. The lowest BCUT2D eigenvalue weighted by Crippen LogP contribution is -2.24. The molecule has 0 aliphatic rings. The highest BCUT2D eigenvalue weighted by molar-refractivity contribution is 5.78. The normalized spacial score (nSPS) is 10.0. The molecule has 0 aliphatic heterocycles. The summed E-state index contributed by atoms with van der Waals surface area (Å²) in [5.74, 6) is 5.97. The first kappa shape index (κ1) is 17.2. The minimum atomic E-state index is -0.468. The summed E-state index contributed by atoms with van der Waals surface area (Å²) in [6.45, 7) is 0.633. The van der Waals surface area contributed by atoms with Gasteiger partial charge in [-0.3, -0.25) is 4.79 Å². The predicted molar refractivity (Wildman–Crippen MR) is 98.5 cm³/mol. The number of hydrogen-bond donors (Lipinski definition) is 2. The Balaban J connectivity index is 1.45. The Morgan fingerprint density at radius 1 is 1.19 bits per heavy atom.